The van der Waals surface area contributed by atoms with Gasteiger partial charge >= 0.3 is 5.97 Å². The fourth-order valence-corrected chi connectivity index (χ4v) is 8.90. The lowest BCUT2D eigenvalue weighted by molar-refractivity contribution is -0.152. The van der Waals surface area contributed by atoms with Crippen molar-refractivity contribution in [3.05, 3.63) is 0 Å². The Labute approximate surface area is 171 Å². The lowest BCUT2D eigenvalue weighted by atomic mass is 9.44. The van der Waals surface area contributed by atoms with Crippen LogP contribution in [-0.4, -0.2) is 18.9 Å². The number of hydrogen-bond acceptors (Lipinski definition) is 3. The zero-order valence-electron chi connectivity index (χ0n) is 18.5. The van der Waals surface area contributed by atoms with E-state index in [-0.39, 0.29) is 11.7 Å². The van der Waals surface area contributed by atoms with E-state index in [9.17, 15) is 9.59 Å². The molecule has 1 unspecified atom stereocenters. The maximum absolute atomic E-state index is 12.2. The smallest absolute Gasteiger partial charge is 0.374 e. The molecule has 0 saturated heterocycles. The quantitative estimate of drug-likeness (QED) is 0.451. The van der Waals surface area contributed by atoms with E-state index in [1.165, 1.54) is 71.3 Å². The van der Waals surface area contributed by atoms with Gasteiger partial charge in [-0.1, -0.05) is 33.6 Å². The molecule has 0 heterocycles. The normalized spacial score (nSPS) is 46.1. The largest absolute Gasteiger partial charge is 0.463 e. The van der Waals surface area contributed by atoms with Crippen LogP contribution in [0.2, 0.25) is 0 Å². The third-order valence-corrected chi connectivity index (χ3v) is 10.3. The molecule has 28 heavy (non-hydrogen) atoms. The van der Waals surface area contributed by atoms with E-state index in [0.717, 1.165) is 23.7 Å². The summed E-state index contributed by atoms with van der Waals surface area (Å²) in [5.74, 6) is 3.46. The van der Waals surface area contributed by atoms with Gasteiger partial charge in [-0.3, -0.25) is 4.79 Å². The highest BCUT2D eigenvalue weighted by atomic mass is 16.5. The van der Waals surface area contributed by atoms with E-state index in [1.54, 1.807) is 0 Å². The van der Waals surface area contributed by atoms with Crippen LogP contribution >= 0.6 is 0 Å². The minimum absolute atomic E-state index is 0.278. The third-order valence-electron chi connectivity index (χ3n) is 10.3. The summed E-state index contributed by atoms with van der Waals surface area (Å²) in [4.78, 5) is 23.8. The van der Waals surface area contributed by atoms with Crippen LogP contribution in [-0.2, 0) is 14.3 Å². The number of methoxy groups -OCH3 is 1. The van der Waals surface area contributed by atoms with Crippen molar-refractivity contribution in [1.82, 2.24) is 0 Å². The molecule has 0 aromatic carbocycles. The van der Waals surface area contributed by atoms with Gasteiger partial charge in [0.25, 0.3) is 0 Å². The van der Waals surface area contributed by atoms with Gasteiger partial charge < -0.3 is 4.74 Å². The molecule has 8 atom stereocenters. The number of fused-ring (bicyclic) bond motifs is 5. The van der Waals surface area contributed by atoms with Crippen LogP contribution in [0, 0.1) is 46.3 Å². The summed E-state index contributed by atoms with van der Waals surface area (Å²) in [7, 11) is 1.31. The van der Waals surface area contributed by atoms with Crippen LogP contribution in [0.3, 0.4) is 0 Å². The van der Waals surface area contributed by atoms with Gasteiger partial charge in [0.15, 0.2) is 0 Å². The topological polar surface area (TPSA) is 43.4 Å². The van der Waals surface area contributed by atoms with E-state index >= 15 is 0 Å². The van der Waals surface area contributed by atoms with E-state index in [2.05, 4.69) is 25.5 Å². The molecular formula is C25H40O3. The van der Waals surface area contributed by atoms with Gasteiger partial charge in [0.2, 0.25) is 5.78 Å². The molecule has 0 spiro atoms. The van der Waals surface area contributed by atoms with Gasteiger partial charge in [-0.15, -0.1) is 0 Å². The molecule has 4 rings (SSSR count). The number of Topliss-reactive ketones (excluding diaryl/α,β-unsaturated/α-hetero) is 1. The first-order valence-electron chi connectivity index (χ1n) is 11.9. The van der Waals surface area contributed by atoms with Crippen molar-refractivity contribution in [2.24, 2.45) is 46.3 Å². The summed E-state index contributed by atoms with van der Waals surface area (Å²) in [5.41, 5.74) is 0.946. The first-order valence-corrected chi connectivity index (χ1v) is 11.9. The number of rotatable bonds is 4. The van der Waals surface area contributed by atoms with Gasteiger partial charge in [0.05, 0.1) is 7.11 Å². The number of esters is 1. The SMILES string of the molecule is COC(=O)C(=O)C[C@@H](C)[C@H]1CC[C@H]2[C@@H]3CCC4CCCC[C@]4(C)[C@H]3CC[C@]12C. The van der Waals surface area contributed by atoms with E-state index in [0.29, 0.717) is 23.2 Å². The van der Waals surface area contributed by atoms with Crippen molar-refractivity contribution in [1.29, 1.82) is 0 Å². The Bertz CT molecular complexity index is 627. The lowest BCUT2D eigenvalue weighted by Crippen LogP contribution is -2.53. The highest BCUT2D eigenvalue weighted by Crippen LogP contribution is 2.68. The summed E-state index contributed by atoms with van der Waals surface area (Å²) in [6.45, 7) is 7.37. The van der Waals surface area contributed by atoms with Gasteiger partial charge in [0, 0.05) is 6.42 Å². The molecule has 3 heteroatoms. The Morgan fingerprint density at radius 1 is 0.929 bits per heavy atom. The predicted octanol–water partition coefficient (Wildman–Crippen LogP) is 5.80. The average Bonchev–Trinajstić information content (AvgIpc) is 3.04. The highest BCUT2D eigenvalue weighted by molar-refractivity contribution is 6.33. The van der Waals surface area contributed by atoms with E-state index in [1.807, 2.05) is 0 Å². The first-order chi connectivity index (χ1) is 13.3. The number of carbonyl (C=O) groups excluding carboxylic acids is 2. The van der Waals surface area contributed by atoms with Crippen molar-refractivity contribution in [2.75, 3.05) is 7.11 Å². The van der Waals surface area contributed by atoms with Crippen molar-refractivity contribution in [3.63, 3.8) is 0 Å². The fourth-order valence-electron chi connectivity index (χ4n) is 8.90. The summed E-state index contributed by atoms with van der Waals surface area (Å²) >= 11 is 0. The molecule has 0 radical (unpaired) electrons. The van der Waals surface area contributed by atoms with E-state index in [4.69, 9.17) is 0 Å². The van der Waals surface area contributed by atoms with Crippen molar-refractivity contribution >= 4 is 11.8 Å². The van der Waals surface area contributed by atoms with Crippen LogP contribution in [0.25, 0.3) is 0 Å². The molecule has 0 aromatic rings. The van der Waals surface area contributed by atoms with Crippen LogP contribution in [0.5, 0.6) is 0 Å². The van der Waals surface area contributed by atoms with E-state index < -0.39 is 5.97 Å². The van der Waals surface area contributed by atoms with Crippen molar-refractivity contribution < 1.29 is 14.3 Å². The molecule has 4 fully saturated rings. The molecule has 158 valence electrons. The molecule has 0 aromatic heterocycles. The van der Waals surface area contributed by atoms with Gasteiger partial charge in [-0.2, -0.15) is 0 Å². The second-order valence-electron chi connectivity index (χ2n) is 11.2. The van der Waals surface area contributed by atoms with Crippen molar-refractivity contribution in [3.8, 4) is 0 Å². The first kappa shape index (κ1) is 20.4. The zero-order valence-corrected chi connectivity index (χ0v) is 18.5. The predicted molar refractivity (Wildman–Crippen MR) is 111 cm³/mol. The molecule has 0 bridgehead atoms. The fraction of sp³-hybridized carbons (Fsp3) is 0.920. The van der Waals surface area contributed by atoms with Crippen LogP contribution in [0.1, 0.15) is 91.4 Å². The number of hydrogen-bond donors (Lipinski definition) is 0. The molecule has 0 aliphatic heterocycles. The average molecular weight is 389 g/mol. The van der Waals surface area contributed by atoms with Crippen molar-refractivity contribution in [2.45, 2.75) is 91.4 Å². The highest BCUT2D eigenvalue weighted by Gasteiger charge is 2.60. The van der Waals surface area contributed by atoms with Gasteiger partial charge in [-0.25, -0.2) is 4.79 Å². The number of carbonyl (C=O) groups is 2. The lowest BCUT2D eigenvalue weighted by Gasteiger charge is -2.61. The van der Waals surface area contributed by atoms with Crippen LogP contribution < -0.4 is 0 Å². The number of ether oxygens (including phenoxy) is 1. The van der Waals surface area contributed by atoms with Crippen LogP contribution in [0.4, 0.5) is 0 Å². The van der Waals surface area contributed by atoms with Crippen LogP contribution in [0.15, 0.2) is 0 Å². The summed E-state index contributed by atoms with van der Waals surface area (Å²) in [5, 5.41) is 0. The monoisotopic (exact) mass is 388 g/mol. The standard InChI is InChI=1S/C25H40O3/c1-16(15-22(26)23(27)28-4)19-10-11-20-18-9-8-17-7-5-6-13-24(17,2)21(18)12-14-25(19,20)3/h16-21H,5-15H2,1-4H3/t16-,17?,18+,19-,20+,21+,24+,25-/m1/s1. The molecule has 0 N–H and O–H groups in total. The Morgan fingerprint density at radius 3 is 2.43 bits per heavy atom. The molecule has 0 amide bonds. The second kappa shape index (κ2) is 7.43. The number of ketones is 1. The minimum atomic E-state index is -0.668. The summed E-state index contributed by atoms with van der Waals surface area (Å²) in [6, 6.07) is 0. The third kappa shape index (κ3) is 3.06. The maximum atomic E-state index is 12.2. The Balaban J connectivity index is 1.50. The molecule has 4 saturated carbocycles. The molecular weight excluding hydrogens is 348 g/mol. The Hall–Kier alpha value is -0.860. The summed E-state index contributed by atoms with van der Waals surface area (Å²) < 4.78 is 4.65. The second-order valence-corrected chi connectivity index (χ2v) is 11.2. The molecule has 4 aliphatic carbocycles. The minimum Gasteiger partial charge on any atom is -0.463 e. The maximum Gasteiger partial charge on any atom is 0.374 e. The molecule has 3 nitrogen and oxygen atoms in total. The summed E-state index contributed by atoms with van der Waals surface area (Å²) in [6.07, 6.45) is 14.3. The van der Waals surface area contributed by atoms with Gasteiger partial charge in [-0.05, 0) is 97.7 Å². The Morgan fingerprint density at radius 2 is 1.68 bits per heavy atom. The van der Waals surface area contributed by atoms with Gasteiger partial charge in [0.1, 0.15) is 0 Å². The Kier molecular flexibility index (Phi) is 5.42. The zero-order chi connectivity index (χ0) is 20.1. The molecule has 4 aliphatic rings.